The van der Waals surface area contributed by atoms with Crippen LogP contribution in [-0.4, -0.2) is 71.5 Å². The number of rotatable bonds is 12. The fraction of sp³-hybridized carbons (Fsp3) is 0.194. The maximum atomic E-state index is 13.5. The summed E-state index contributed by atoms with van der Waals surface area (Å²) in [5.41, 5.74) is 3.19. The normalized spacial score (nSPS) is 10.9. The molecule has 224 valence electrons. The largest absolute Gasteiger partial charge is 0.495 e. The lowest BCUT2D eigenvalue weighted by Gasteiger charge is -2.15. The number of aromatic nitrogens is 1. The minimum Gasteiger partial charge on any atom is -0.495 e. The zero-order chi connectivity index (χ0) is 31.0. The summed E-state index contributed by atoms with van der Waals surface area (Å²) in [4.78, 5) is 30.2. The second-order valence-corrected chi connectivity index (χ2v) is 11.3. The van der Waals surface area contributed by atoms with Crippen LogP contribution in [0.2, 0.25) is 0 Å². The number of ether oxygens (including phenoxy) is 2. The zero-order valence-electron chi connectivity index (χ0n) is 24.2. The first-order chi connectivity index (χ1) is 20.6. The van der Waals surface area contributed by atoms with Crippen LogP contribution in [-0.2, 0) is 10.0 Å². The number of methoxy groups -OCH3 is 2. The van der Waals surface area contributed by atoms with Gasteiger partial charge in [-0.05, 0) is 59.7 Å². The molecule has 4 rings (SSSR count). The first-order valence-corrected chi connectivity index (χ1v) is 14.7. The molecule has 0 aliphatic rings. The third-order valence-electron chi connectivity index (χ3n) is 6.36. The lowest BCUT2D eigenvalue weighted by atomic mass is 10.0. The third kappa shape index (κ3) is 7.80. The molecule has 12 heteroatoms. The van der Waals surface area contributed by atoms with E-state index < -0.39 is 10.0 Å². The molecule has 0 saturated heterocycles. The summed E-state index contributed by atoms with van der Waals surface area (Å²) in [5, 5.41) is 5.97. The van der Waals surface area contributed by atoms with E-state index in [1.165, 1.54) is 31.4 Å². The minimum absolute atomic E-state index is 0.0501. The van der Waals surface area contributed by atoms with Crippen molar-refractivity contribution in [1.29, 1.82) is 0 Å². The summed E-state index contributed by atoms with van der Waals surface area (Å²) >= 11 is 0. The van der Waals surface area contributed by atoms with Crippen molar-refractivity contribution in [2.45, 2.75) is 4.90 Å². The molecule has 1 aromatic heterocycles. The molecule has 0 spiro atoms. The highest BCUT2D eigenvalue weighted by Crippen LogP contribution is 2.32. The smallest absolute Gasteiger partial charge is 0.265 e. The van der Waals surface area contributed by atoms with Crippen molar-refractivity contribution in [2.75, 3.05) is 51.4 Å². The van der Waals surface area contributed by atoms with Crippen molar-refractivity contribution in [3.05, 3.63) is 96.2 Å². The van der Waals surface area contributed by atoms with Crippen molar-refractivity contribution >= 4 is 33.2 Å². The number of amides is 2. The van der Waals surface area contributed by atoms with Gasteiger partial charge in [0, 0.05) is 50.7 Å². The average Bonchev–Trinajstić information content (AvgIpc) is 3.02. The molecule has 0 aliphatic carbocycles. The van der Waals surface area contributed by atoms with Gasteiger partial charge in [-0.25, -0.2) is 13.4 Å². The van der Waals surface area contributed by atoms with Crippen molar-refractivity contribution in [3.8, 4) is 22.8 Å². The highest BCUT2D eigenvalue weighted by molar-refractivity contribution is 7.92. The van der Waals surface area contributed by atoms with E-state index in [0.29, 0.717) is 52.6 Å². The Hall–Kier alpha value is -5.10. The van der Waals surface area contributed by atoms with Crippen LogP contribution in [0.1, 0.15) is 20.7 Å². The van der Waals surface area contributed by atoms with Gasteiger partial charge in [0.15, 0.2) is 0 Å². The van der Waals surface area contributed by atoms with Crippen LogP contribution in [0, 0.1) is 0 Å². The molecule has 4 aromatic rings. The van der Waals surface area contributed by atoms with Crippen LogP contribution in [0.15, 0.2) is 90.0 Å². The Balaban J connectivity index is 1.44. The van der Waals surface area contributed by atoms with Crippen LogP contribution in [0.3, 0.4) is 0 Å². The monoisotopic (exact) mass is 603 g/mol. The van der Waals surface area contributed by atoms with Gasteiger partial charge < -0.3 is 25.0 Å². The Morgan fingerprint density at radius 2 is 1.56 bits per heavy atom. The molecule has 0 fully saturated rings. The highest BCUT2D eigenvalue weighted by Gasteiger charge is 2.21. The van der Waals surface area contributed by atoms with Gasteiger partial charge >= 0.3 is 0 Å². The van der Waals surface area contributed by atoms with E-state index in [0.717, 1.165) is 0 Å². The van der Waals surface area contributed by atoms with Crippen LogP contribution < -0.4 is 24.8 Å². The van der Waals surface area contributed by atoms with Gasteiger partial charge in [-0.2, -0.15) is 0 Å². The standard InChI is InChI=1S/C31H33N5O6S/c1-36(2)31(38)23-8-5-7-21(17-23)22-11-13-27(41-3)28(18-22)43(39,40)35-26-10-6-9-25(19-26)32-15-16-33-30(37)24-12-14-29(42-4)34-20-24/h5-14,17-20,32,35H,15-16H2,1-4H3,(H,33,37). The Kier molecular flexibility index (Phi) is 9.83. The first kappa shape index (κ1) is 30.8. The van der Waals surface area contributed by atoms with Gasteiger partial charge in [0.2, 0.25) is 5.88 Å². The summed E-state index contributed by atoms with van der Waals surface area (Å²) in [6.07, 6.45) is 1.44. The molecule has 0 bridgehead atoms. The predicted octanol–water partition coefficient (Wildman–Crippen LogP) is 4.11. The first-order valence-electron chi connectivity index (χ1n) is 13.3. The summed E-state index contributed by atoms with van der Waals surface area (Å²) in [7, 11) is 2.18. The molecule has 0 unspecified atom stereocenters. The van der Waals surface area contributed by atoms with E-state index in [2.05, 4.69) is 20.3 Å². The fourth-order valence-electron chi connectivity index (χ4n) is 4.18. The second-order valence-electron chi connectivity index (χ2n) is 9.60. The van der Waals surface area contributed by atoms with Crippen molar-refractivity contribution < 1.29 is 27.5 Å². The molecule has 43 heavy (non-hydrogen) atoms. The lowest BCUT2D eigenvalue weighted by Crippen LogP contribution is -2.28. The molecule has 1 heterocycles. The fourth-order valence-corrected chi connectivity index (χ4v) is 5.42. The van der Waals surface area contributed by atoms with Crippen molar-refractivity contribution in [3.63, 3.8) is 0 Å². The number of benzene rings is 3. The number of hydrogen-bond acceptors (Lipinski definition) is 8. The number of sulfonamides is 1. The molecular formula is C31H33N5O6S. The van der Waals surface area contributed by atoms with Gasteiger partial charge in [-0.3, -0.25) is 14.3 Å². The van der Waals surface area contributed by atoms with Crippen LogP contribution in [0.4, 0.5) is 11.4 Å². The van der Waals surface area contributed by atoms with E-state index in [1.807, 2.05) is 6.07 Å². The van der Waals surface area contributed by atoms with Crippen LogP contribution >= 0.6 is 0 Å². The number of carbonyl (C=O) groups is 2. The van der Waals surface area contributed by atoms with E-state index in [4.69, 9.17) is 9.47 Å². The Bertz CT molecular complexity index is 1710. The summed E-state index contributed by atoms with van der Waals surface area (Å²) < 4.78 is 40.0. The zero-order valence-corrected chi connectivity index (χ0v) is 25.1. The van der Waals surface area contributed by atoms with Crippen molar-refractivity contribution in [2.24, 2.45) is 0 Å². The molecule has 0 saturated carbocycles. The van der Waals surface area contributed by atoms with E-state index in [1.54, 1.807) is 80.8 Å². The Labute approximate surface area is 250 Å². The summed E-state index contributed by atoms with van der Waals surface area (Å²) in [5.74, 6) is 0.165. The molecule has 3 N–H and O–H groups in total. The van der Waals surface area contributed by atoms with Gasteiger partial charge in [0.05, 0.1) is 25.5 Å². The maximum Gasteiger partial charge on any atom is 0.265 e. The van der Waals surface area contributed by atoms with Gasteiger partial charge in [-0.1, -0.05) is 24.3 Å². The summed E-state index contributed by atoms with van der Waals surface area (Å²) in [6, 6.07) is 21.9. The topological polar surface area (TPSA) is 139 Å². The Morgan fingerprint density at radius 3 is 2.26 bits per heavy atom. The van der Waals surface area contributed by atoms with E-state index >= 15 is 0 Å². The van der Waals surface area contributed by atoms with Crippen molar-refractivity contribution in [1.82, 2.24) is 15.2 Å². The molecular weight excluding hydrogens is 570 g/mol. The number of pyridine rings is 1. The minimum atomic E-state index is -4.07. The number of carbonyl (C=O) groups excluding carboxylic acids is 2. The highest BCUT2D eigenvalue weighted by atomic mass is 32.2. The van der Waals surface area contributed by atoms with Crippen LogP contribution in [0.25, 0.3) is 11.1 Å². The van der Waals surface area contributed by atoms with Gasteiger partial charge in [0.1, 0.15) is 10.6 Å². The van der Waals surface area contributed by atoms with Gasteiger partial charge in [0.25, 0.3) is 21.8 Å². The average molecular weight is 604 g/mol. The quantitative estimate of drug-likeness (QED) is 0.206. The Morgan fingerprint density at radius 1 is 0.814 bits per heavy atom. The lowest BCUT2D eigenvalue weighted by molar-refractivity contribution is 0.0827. The molecule has 0 aliphatic heterocycles. The number of hydrogen-bond donors (Lipinski definition) is 3. The molecule has 2 amide bonds. The second kappa shape index (κ2) is 13.7. The van der Waals surface area contributed by atoms with Gasteiger partial charge in [-0.15, -0.1) is 0 Å². The number of nitrogens with zero attached hydrogens (tertiary/aromatic N) is 2. The molecule has 3 aromatic carbocycles. The number of anilines is 2. The van der Waals surface area contributed by atoms with E-state index in [9.17, 15) is 18.0 Å². The number of nitrogens with one attached hydrogen (secondary N) is 3. The SMILES string of the molecule is COc1ccc(C(=O)NCCNc2cccc(NS(=O)(=O)c3cc(-c4cccc(C(=O)N(C)C)c4)ccc3OC)c2)cn1. The summed E-state index contributed by atoms with van der Waals surface area (Å²) in [6.45, 7) is 0.725. The molecule has 11 nitrogen and oxygen atoms in total. The third-order valence-corrected chi connectivity index (χ3v) is 7.77. The maximum absolute atomic E-state index is 13.5. The molecule has 0 radical (unpaired) electrons. The van der Waals surface area contributed by atoms with Crippen LogP contribution in [0.5, 0.6) is 11.6 Å². The molecule has 0 atom stereocenters. The van der Waals surface area contributed by atoms with E-state index in [-0.39, 0.29) is 22.5 Å². The predicted molar refractivity (Wildman–Crippen MR) is 165 cm³/mol.